The quantitative estimate of drug-likeness (QED) is 0.605. The number of hydrogen-bond donors (Lipinski definition) is 0. The van der Waals surface area contributed by atoms with Gasteiger partial charge in [0, 0.05) is 6.54 Å². The first-order valence-corrected chi connectivity index (χ1v) is 7.80. The van der Waals surface area contributed by atoms with Crippen LogP contribution in [-0.2, 0) is 9.53 Å². The normalized spacial score (nSPS) is 16.7. The van der Waals surface area contributed by atoms with Gasteiger partial charge in [-0.25, -0.2) is 18.9 Å². The van der Waals surface area contributed by atoms with E-state index in [1.807, 2.05) is 0 Å². The summed E-state index contributed by atoms with van der Waals surface area (Å²) in [5.41, 5.74) is -0.423. The van der Waals surface area contributed by atoms with Crippen molar-refractivity contribution in [1.82, 2.24) is 4.90 Å². The van der Waals surface area contributed by atoms with Crippen molar-refractivity contribution in [3.8, 4) is 5.75 Å². The van der Waals surface area contributed by atoms with Gasteiger partial charge in [-0.2, -0.15) is 0 Å². The van der Waals surface area contributed by atoms with Crippen LogP contribution in [0.15, 0.2) is 17.8 Å². The monoisotopic (exact) mass is 368 g/mol. The summed E-state index contributed by atoms with van der Waals surface area (Å²) in [6.07, 6.45) is 2.99. The van der Waals surface area contributed by atoms with Crippen molar-refractivity contribution < 1.29 is 28.2 Å². The number of halogens is 2. The Morgan fingerprint density at radius 3 is 2.64 bits per heavy atom. The summed E-state index contributed by atoms with van der Waals surface area (Å²) in [5, 5.41) is -0.299. The molecule has 0 aromatic heterocycles. The van der Waals surface area contributed by atoms with Gasteiger partial charge < -0.3 is 9.47 Å². The molecule has 0 atom stereocenters. The second kappa shape index (κ2) is 6.36. The summed E-state index contributed by atoms with van der Waals surface area (Å²) in [6, 6.07) is 0.330. The number of hydrogen-bond acceptors (Lipinski definition) is 5. The van der Waals surface area contributed by atoms with E-state index >= 15 is 0 Å². The van der Waals surface area contributed by atoms with E-state index in [9.17, 15) is 18.8 Å². The second-order valence-corrected chi connectivity index (χ2v) is 5.78. The molecule has 0 spiro atoms. The number of ether oxygens (including phenoxy) is 2. The van der Waals surface area contributed by atoms with Crippen LogP contribution >= 0.6 is 11.6 Å². The van der Waals surface area contributed by atoms with Crippen molar-refractivity contribution in [2.75, 3.05) is 25.7 Å². The Labute approximate surface area is 147 Å². The Balaban J connectivity index is 2.18. The minimum atomic E-state index is -1.01. The first kappa shape index (κ1) is 17.2. The third kappa shape index (κ3) is 2.53. The summed E-state index contributed by atoms with van der Waals surface area (Å²) < 4.78 is 24.3. The van der Waals surface area contributed by atoms with Gasteiger partial charge in [-0.3, -0.25) is 9.69 Å². The molecule has 0 bridgehead atoms. The zero-order chi connectivity index (χ0) is 18.3. The molecule has 25 heavy (non-hydrogen) atoms. The van der Waals surface area contributed by atoms with Gasteiger partial charge in [-0.05, 0) is 18.9 Å². The number of nitrogens with zero attached hydrogens (tertiary/aromatic N) is 2. The van der Waals surface area contributed by atoms with Gasteiger partial charge in [0.2, 0.25) is 0 Å². The van der Waals surface area contributed by atoms with Crippen LogP contribution < -0.4 is 9.64 Å². The van der Waals surface area contributed by atoms with E-state index < -0.39 is 35.2 Å². The van der Waals surface area contributed by atoms with Crippen LogP contribution in [0.2, 0.25) is 5.02 Å². The van der Waals surface area contributed by atoms with E-state index in [0.29, 0.717) is 24.3 Å². The zero-order valence-corrected chi connectivity index (χ0v) is 14.2. The lowest BCUT2D eigenvalue weighted by Gasteiger charge is -2.20. The molecule has 132 valence electrons. The molecule has 0 N–H and O–H groups in total. The van der Waals surface area contributed by atoms with E-state index in [4.69, 9.17) is 16.3 Å². The standard InChI is InChI=1S/C16H14ClFN2O5/c1-24-13-11(17)8(15(22)25-2)7-10(12(13)18)20-14(21)9-5-3-4-6-19(9)16(20)23/h5,7H,3-4,6H2,1-2H3. The molecule has 2 heterocycles. The van der Waals surface area contributed by atoms with Gasteiger partial charge in [0.1, 0.15) is 10.7 Å². The highest BCUT2D eigenvalue weighted by Gasteiger charge is 2.44. The summed E-state index contributed by atoms with van der Waals surface area (Å²) in [4.78, 5) is 39.0. The fourth-order valence-electron chi connectivity index (χ4n) is 2.85. The molecule has 1 aromatic carbocycles. The van der Waals surface area contributed by atoms with E-state index in [1.54, 1.807) is 6.08 Å². The zero-order valence-electron chi connectivity index (χ0n) is 13.5. The number of allylic oxidation sites excluding steroid dienone is 1. The van der Waals surface area contributed by atoms with Crippen LogP contribution in [0, 0.1) is 5.82 Å². The summed E-state index contributed by atoms with van der Waals surface area (Å²) in [5.74, 6) is -2.97. The minimum absolute atomic E-state index is 0.198. The molecule has 0 radical (unpaired) electrons. The number of fused-ring (bicyclic) bond motifs is 1. The van der Waals surface area contributed by atoms with Gasteiger partial charge in [-0.15, -0.1) is 0 Å². The molecular formula is C16H14ClFN2O5. The maximum Gasteiger partial charge on any atom is 0.339 e. The highest BCUT2D eigenvalue weighted by Crippen LogP contribution is 2.40. The average molecular weight is 369 g/mol. The van der Waals surface area contributed by atoms with Crippen molar-refractivity contribution >= 4 is 35.2 Å². The Hall–Kier alpha value is -2.61. The summed E-state index contributed by atoms with van der Waals surface area (Å²) in [6.45, 7) is 0.364. The number of methoxy groups -OCH3 is 2. The predicted molar refractivity (Wildman–Crippen MR) is 86.2 cm³/mol. The molecule has 3 amide bonds. The number of imide groups is 1. The number of benzene rings is 1. The number of carbonyl (C=O) groups is 3. The highest BCUT2D eigenvalue weighted by molar-refractivity contribution is 6.35. The van der Waals surface area contributed by atoms with Gasteiger partial charge in [-0.1, -0.05) is 17.7 Å². The predicted octanol–water partition coefficient (Wildman–Crippen LogP) is 2.72. The van der Waals surface area contributed by atoms with E-state index in [-0.39, 0.29) is 16.3 Å². The van der Waals surface area contributed by atoms with Crippen LogP contribution in [0.1, 0.15) is 23.2 Å². The van der Waals surface area contributed by atoms with Crippen molar-refractivity contribution in [2.24, 2.45) is 0 Å². The average Bonchev–Trinajstić information content (AvgIpc) is 2.87. The Bertz CT molecular complexity index is 823. The van der Waals surface area contributed by atoms with Crippen molar-refractivity contribution in [1.29, 1.82) is 0 Å². The lowest BCUT2D eigenvalue weighted by atomic mass is 10.1. The molecule has 7 nitrogen and oxygen atoms in total. The lowest BCUT2D eigenvalue weighted by molar-refractivity contribution is -0.114. The van der Waals surface area contributed by atoms with E-state index in [2.05, 4.69) is 4.74 Å². The van der Waals surface area contributed by atoms with Crippen LogP contribution in [0.5, 0.6) is 5.75 Å². The van der Waals surface area contributed by atoms with E-state index in [0.717, 1.165) is 20.3 Å². The van der Waals surface area contributed by atoms with Gasteiger partial charge >= 0.3 is 12.0 Å². The first-order valence-electron chi connectivity index (χ1n) is 7.42. The minimum Gasteiger partial charge on any atom is -0.492 e. The number of amides is 3. The van der Waals surface area contributed by atoms with Crippen LogP contribution in [0.3, 0.4) is 0 Å². The Morgan fingerprint density at radius 1 is 1.32 bits per heavy atom. The fraction of sp³-hybridized carbons (Fsp3) is 0.312. The molecule has 1 fully saturated rings. The number of anilines is 1. The molecule has 1 aromatic rings. The molecule has 0 aliphatic carbocycles. The molecule has 1 saturated heterocycles. The highest BCUT2D eigenvalue weighted by atomic mass is 35.5. The third-order valence-electron chi connectivity index (χ3n) is 4.05. The molecule has 0 saturated carbocycles. The number of urea groups is 1. The molecule has 2 aliphatic heterocycles. The topological polar surface area (TPSA) is 76.2 Å². The third-order valence-corrected chi connectivity index (χ3v) is 4.43. The largest absolute Gasteiger partial charge is 0.492 e. The number of rotatable bonds is 3. The smallest absolute Gasteiger partial charge is 0.339 e. The fourth-order valence-corrected chi connectivity index (χ4v) is 3.15. The van der Waals surface area contributed by atoms with Crippen LogP contribution in [0.25, 0.3) is 0 Å². The maximum absolute atomic E-state index is 14.8. The second-order valence-electron chi connectivity index (χ2n) is 5.40. The SMILES string of the molecule is COC(=O)c1cc(N2C(=O)C3=CCCCN3C2=O)c(F)c(OC)c1Cl. The van der Waals surface area contributed by atoms with Gasteiger partial charge in [0.15, 0.2) is 11.6 Å². The van der Waals surface area contributed by atoms with Crippen LogP contribution in [0.4, 0.5) is 14.9 Å². The number of carbonyl (C=O) groups excluding carboxylic acids is 3. The lowest BCUT2D eigenvalue weighted by Crippen LogP contribution is -2.34. The maximum atomic E-state index is 14.8. The van der Waals surface area contributed by atoms with Crippen molar-refractivity contribution in [3.05, 3.63) is 34.2 Å². The van der Waals surface area contributed by atoms with Crippen molar-refractivity contribution in [3.63, 3.8) is 0 Å². The Morgan fingerprint density at radius 2 is 2.04 bits per heavy atom. The first-order chi connectivity index (χ1) is 11.9. The number of esters is 1. The molecule has 0 unspecified atom stereocenters. The van der Waals surface area contributed by atoms with Crippen molar-refractivity contribution in [2.45, 2.75) is 12.8 Å². The summed E-state index contributed by atoms with van der Waals surface area (Å²) >= 11 is 5.99. The van der Waals surface area contributed by atoms with Gasteiger partial charge in [0.25, 0.3) is 5.91 Å². The summed E-state index contributed by atoms with van der Waals surface area (Å²) in [7, 11) is 2.29. The molecule has 3 rings (SSSR count). The molecule has 2 aliphatic rings. The molecule has 9 heteroatoms. The van der Waals surface area contributed by atoms with Gasteiger partial charge in [0.05, 0.1) is 25.5 Å². The van der Waals surface area contributed by atoms with E-state index in [1.165, 1.54) is 4.90 Å². The van der Waals surface area contributed by atoms with Crippen LogP contribution in [-0.4, -0.2) is 43.6 Å². The Kier molecular flexibility index (Phi) is 4.38. The molecular weight excluding hydrogens is 355 g/mol.